The number of nitrogens with two attached hydrogens (primary N) is 1. The first-order valence-corrected chi connectivity index (χ1v) is 7.36. The zero-order valence-corrected chi connectivity index (χ0v) is 13.5. The van der Waals surface area contributed by atoms with Gasteiger partial charge in [0.25, 0.3) is 0 Å². The Kier molecular flexibility index (Phi) is 4.58. The van der Waals surface area contributed by atoms with E-state index in [1.807, 2.05) is 0 Å². The van der Waals surface area contributed by atoms with Crippen molar-refractivity contribution in [3.05, 3.63) is 24.3 Å². The normalized spacial score (nSPS) is 21.9. The summed E-state index contributed by atoms with van der Waals surface area (Å²) in [7, 11) is 1.27. The smallest absolute Gasteiger partial charge is 0.328 e. The molecular weight excluding hydrogens is 298 g/mol. The highest BCUT2D eigenvalue weighted by molar-refractivity contribution is 6.12. The predicted octanol–water partition coefficient (Wildman–Crippen LogP) is 1.01. The van der Waals surface area contributed by atoms with Crippen molar-refractivity contribution in [3.63, 3.8) is 0 Å². The number of anilines is 2. The minimum absolute atomic E-state index is 0.323. The van der Waals surface area contributed by atoms with Crippen LogP contribution in [-0.2, 0) is 19.1 Å². The van der Waals surface area contributed by atoms with Gasteiger partial charge in [-0.1, -0.05) is 12.1 Å². The summed E-state index contributed by atoms with van der Waals surface area (Å²) in [5.74, 6) is -1.32. The lowest BCUT2D eigenvalue weighted by Gasteiger charge is -2.26. The lowest BCUT2D eigenvalue weighted by molar-refractivity contribution is -0.153. The van der Waals surface area contributed by atoms with E-state index in [0.717, 1.165) is 0 Å². The van der Waals surface area contributed by atoms with Crippen molar-refractivity contribution in [2.75, 3.05) is 24.7 Å². The van der Waals surface area contributed by atoms with E-state index >= 15 is 0 Å². The molecule has 1 unspecified atom stereocenters. The third-order valence-electron chi connectivity index (χ3n) is 4.31. The van der Waals surface area contributed by atoms with Gasteiger partial charge in [0, 0.05) is 6.54 Å². The minimum Gasteiger partial charge on any atom is -0.467 e. The lowest BCUT2D eigenvalue weighted by atomic mass is 9.87. The van der Waals surface area contributed by atoms with Gasteiger partial charge in [0.1, 0.15) is 11.5 Å². The molecule has 2 amide bonds. The molecule has 0 radical (unpaired) electrons. The number of amides is 2. The van der Waals surface area contributed by atoms with Crippen molar-refractivity contribution in [1.82, 2.24) is 4.90 Å². The zero-order valence-electron chi connectivity index (χ0n) is 13.5. The number of methoxy groups -OCH3 is 1. The number of carbonyl (C=O) groups is 3. The molecule has 1 aromatic rings. The van der Waals surface area contributed by atoms with Crippen LogP contribution in [0.15, 0.2) is 24.3 Å². The second-order valence-electron chi connectivity index (χ2n) is 5.82. The molecule has 1 fully saturated rings. The fourth-order valence-corrected chi connectivity index (χ4v) is 2.62. The Hall–Kier alpha value is -2.57. The molecule has 1 aliphatic rings. The van der Waals surface area contributed by atoms with E-state index < -0.39 is 23.3 Å². The van der Waals surface area contributed by atoms with E-state index in [9.17, 15) is 14.4 Å². The molecule has 0 spiro atoms. The van der Waals surface area contributed by atoms with E-state index in [1.165, 1.54) is 12.0 Å². The molecule has 7 nitrogen and oxygen atoms in total. The van der Waals surface area contributed by atoms with Gasteiger partial charge in [-0.2, -0.15) is 0 Å². The molecule has 0 aliphatic carbocycles. The van der Waals surface area contributed by atoms with Crippen molar-refractivity contribution in [2.45, 2.75) is 26.3 Å². The zero-order chi connectivity index (χ0) is 17.2. The molecule has 124 valence electrons. The summed E-state index contributed by atoms with van der Waals surface area (Å²) in [6, 6.07) is 6.12. The maximum absolute atomic E-state index is 12.6. The highest BCUT2D eigenvalue weighted by Gasteiger charge is 2.50. The monoisotopic (exact) mass is 319 g/mol. The first kappa shape index (κ1) is 16.8. The lowest BCUT2D eigenvalue weighted by Crippen LogP contribution is -2.46. The number of nitrogens with zero attached hydrogens (tertiary/aromatic N) is 1. The Morgan fingerprint density at radius 3 is 2.65 bits per heavy atom. The van der Waals surface area contributed by atoms with Gasteiger partial charge in [-0.25, -0.2) is 4.79 Å². The number of nitrogen functional groups attached to an aromatic ring is 1. The van der Waals surface area contributed by atoms with E-state index in [4.69, 9.17) is 5.73 Å². The molecule has 1 aliphatic heterocycles. The molecule has 1 aromatic carbocycles. The largest absolute Gasteiger partial charge is 0.467 e. The molecule has 1 saturated heterocycles. The number of ether oxygens (including phenoxy) is 1. The molecular formula is C16H21N3O4. The molecule has 2 rings (SSSR count). The quantitative estimate of drug-likeness (QED) is 0.490. The summed E-state index contributed by atoms with van der Waals surface area (Å²) in [6.07, 6.45) is 0.325. The van der Waals surface area contributed by atoms with Crippen molar-refractivity contribution in [2.24, 2.45) is 5.41 Å². The van der Waals surface area contributed by atoms with Crippen molar-refractivity contribution < 1.29 is 19.1 Å². The maximum atomic E-state index is 12.6. The first-order chi connectivity index (χ1) is 10.8. The van der Waals surface area contributed by atoms with E-state index in [-0.39, 0.29) is 5.91 Å². The Morgan fingerprint density at radius 1 is 1.39 bits per heavy atom. The topological polar surface area (TPSA) is 102 Å². The van der Waals surface area contributed by atoms with Crippen LogP contribution in [0.1, 0.15) is 20.3 Å². The van der Waals surface area contributed by atoms with Gasteiger partial charge in [0.2, 0.25) is 11.8 Å². The first-order valence-electron chi connectivity index (χ1n) is 7.36. The Morgan fingerprint density at radius 2 is 2.04 bits per heavy atom. The van der Waals surface area contributed by atoms with Crippen molar-refractivity contribution in [3.8, 4) is 0 Å². The van der Waals surface area contributed by atoms with Gasteiger partial charge in [-0.3, -0.25) is 9.59 Å². The van der Waals surface area contributed by atoms with Crippen LogP contribution < -0.4 is 11.1 Å². The van der Waals surface area contributed by atoms with E-state index in [1.54, 1.807) is 38.1 Å². The molecule has 0 aromatic heterocycles. The summed E-state index contributed by atoms with van der Waals surface area (Å²) in [6.45, 7) is 3.49. The fraction of sp³-hybridized carbons (Fsp3) is 0.438. The number of carbonyl (C=O) groups excluding carboxylic acids is 3. The number of hydrogen-bond acceptors (Lipinski definition) is 5. The van der Waals surface area contributed by atoms with Crippen LogP contribution in [0.5, 0.6) is 0 Å². The fourth-order valence-electron chi connectivity index (χ4n) is 2.62. The summed E-state index contributed by atoms with van der Waals surface area (Å²) >= 11 is 0. The molecule has 0 bridgehead atoms. The Bertz CT molecular complexity index is 646. The van der Waals surface area contributed by atoms with Crippen molar-refractivity contribution >= 4 is 29.2 Å². The second kappa shape index (κ2) is 6.28. The molecule has 7 heteroatoms. The average molecular weight is 319 g/mol. The van der Waals surface area contributed by atoms with Crippen LogP contribution in [0.2, 0.25) is 0 Å². The summed E-state index contributed by atoms with van der Waals surface area (Å²) in [5.41, 5.74) is 5.47. The maximum Gasteiger partial charge on any atom is 0.328 e. The molecule has 1 heterocycles. The number of para-hydroxylation sites is 2. The minimum atomic E-state index is -1.23. The van der Waals surface area contributed by atoms with Crippen LogP contribution in [-0.4, -0.2) is 42.4 Å². The number of rotatable bonds is 4. The average Bonchev–Trinajstić information content (AvgIpc) is 2.85. The van der Waals surface area contributed by atoms with Crippen molar-refractivity contribution in [1.29, 1.82) is 0 Å². The van der Waals surface area contributed by atoms with Gasteiger partial charge >= 0.3 is 5.97 Å². The van der Waals surface area contributed by atoms with Gasteiger partial charge in [0.15, 0.2) is 0 Å². The third-order valence-corrected chi connectivity index (χ3v) is 4.31. The highest BCUT2D eigenvalue weighted by Crippen LogP contribution is 2.34. The Labute approximate surface area is 134 Å². The number of esters is 1. The number of nitrogens with one attached hydrogen (secondary N) is 1. The van der Waals surface area contributed by atoms with Gasteiger partial charge in [0.05, 0.1) is 18.5 Å². The molecule has 0 saturated carbocycles. The molecule has 23 heavy (non-hydrogen) atoms. The van der Waals surface area contributed by atoms with Crippen LogP contribution in [0, 0.1) is 5.41 Å². The SMILES string of the molecule is COC(=O)[C@@H](C)N1CCC(C)(C(=O)Nc2ccccc2N)C1=O. The molecule has 2 atom stereocenters. The van der Waals surface area contributed by atoms with Crippen LogP contribution >= 0.6 is 0 Å². The van der Waals surface area contributed by atoms with Crippen LogP contribution in [0.4, 0.5) is 11.4 Å². The van der Waals surface area contributed by atoms with Gasteiger partial charge < -0.3 is 20.7 Å². The van der Waals surface area contributed by atoms with Crippen LogP contribution in [0.3, 0.4) is 0 Å². The standard InChI is InChI=1S/C16H21N3O4/c1-10(13(20)23-3)19-9-8-16(2,15(19)22)14(21)18-12-7-5-4-6-11(12)17/h4-7,10H,8-9,17H2,1-3H3,(H,18,21)/t10-,16?/m1/s1. The summed E-state index contributed by atoms with van der Waals surface area (Å²) < 4.78 is 4.66. The third kappa shape index (κ3) is 2.99. The predicted molar refractivity (Wildman–Crippen MR) is 85.4 cm³/mol. The number of benzene rings is 1. The summed E-state index contributed by atoms with van der Waals surface area (Å²) in [4.78, 5) is 38.2. The number of hydrogen-bond donors (Lipinski definition) is 2. The number of likely N-dealkylation sites (tertiary alicyclic amines) is 1. The van der Waals surface area contributed by atoms with E-state index in [0.29, 0.717) is 24.3 Å². The summed E-state index contributed by atoms with van der Waals surface area (Å²) in [5, 5.41) is 2.70. The highest BCUT2D eigenvalue weighted by atomic mass is 16.5. The van der Waals surface area contributed by atoms with Gasteiger partial charge in [-0.05, 0) is 32.4 Å². The molecule has 3 N–H and O–H groups in total. The van der Waals surface area contributed by atoms with Crippen LogP contribution in [0.25, 0.3) is 0 Å². The van der Waals surface area contributed by atoms with Gasteiger partial charge in [-0.15, -0.1) is 0 Å². The van der Waals surface area contributed by atoms with E-state index in [2.05, 4.69) is 10.1 Å². The Balaban J connectivity index is 2.16. The second-order valence-corrected chi connectivity index (χ2v) is 5.82.